The monoisotopic (exact) mass is 1040 g/mol. The molecule has 18 aromatic rings. The molecule has 0 fully saturated rings. The van der Waals surface area contributed by atoms with Gasteiger partial charge in [-0.3, -0.25) is 0 Å². The molecule has 4 nitrogen and oxygen atoms in total. The minimum atomic E-state index is 1.07. The van der Waals surface area contributed by atoms with Crippen LogP contribution in [0.2, 0.25) is 0 Å². The summed E-state index contributed by atoms with van der Waals surface area (Å²) in [4.78, 5) is 14.3. The molecule has 3 N–H and O–H groups in total. The van der Waals surface area contributed by atoms with E-state index in [-0.39, 0.29) is 0 Å². The topological polar surface area (TPSA) is 50.6 Å². The average molecular weight is 1040 g/mol. The zero-order chi connectivity index (χ0) is 53.6. The second-order valence-electron chi connectivity index (χ2n) is 22.2. The maximum atomic E-state index is 3.91. The van der Waals surface area contributed by atoms with Crippen molar-refractivity contribution in [3.8, 4) is 33.4 Å². The minimum absolute atomic E-state index is 1.07. The van der Waals surface area contributed by atoms with Crippen LogP contribution in [0.3, 0.4) is 0 Å². The molecular formula is C78H48N4. The Bertz CT molecular complexity index is 5170. The molecule has 0 aliphatic heterocycles. The molecule has 3 aromatic heterocycles. The lowest BCUT2D eigenvalue weighted by atomic mass is 9.92. The Labute approximate surface area is 470 Å². The number of nitrogens with zero attached hydrogens (tertiary/aromatic N) is 1. The van der Waals surface area contributed by atoms with Crippen molar-refractivity contribution in [2.24, 2.45) is 0 Å². The SMILES string of the molecule is c1ccc(N(c2ccccc2-c2cccc3[nH]c4ccc5c6ccccc6cc5c4cc23)c2ccccc2-c2cccc3[nH]c4ccc5c6ccccc6cc5c4cc23)c(-c2cccc3[nH]c4ccc5c6ccccc6cc5c4cc23)c1. The van der Waals surface area contributed by atoms with E-state index in [4.69, 9.17) is 0 Å². The summed E-state index contributed by atoms with van der Waals surface area (Å²) in [5.41, 5.74) is 16.6. The predicted octanol–water partition coefficient (Wildman–Crippen LogP) is 22.0. The molecule has 82 heavy (non-hydrogen) atoms. The molecule has 4 heteroatoms. The van der Waals surface area contributed by atoms with Crippen molar-refractivity contribution in [1.82, 2.24) is 15.0 Å². The Morgan fingerprint density at radius 2 is 0.451 bits per heavy atom. The first kappa shape index (κ1) is 45.0. The van der Waals surface area contributed by atoms with Gasteiger partial charge in [-0.1, -0.05) is 182 Å². The molecule has 0 unspecified atom stereocenters. The molecule has 0 aliphatic rings. The van der Waals surface area contributed by atoms with Gasteiger partial charge in [-0.05, 0) is 172 Å². The Hall–Kier alpha value is -10.9. The van der Waals surface area contributed by atoms with Gasteiger partial charge in [0.25, 0.3) is 0 Å². The Kier molecular flexibility index (Phi) is 9.48. The van der Waals surface area contributed by atoms with Gasteiger partial charge < -0.3 is 19.9 Å². The summed E-state index contributed by atoms with van der Waals surface area (Å²) >= 11 is 0. The number of fused-ring (bicyclic) bond motifs is 18. The van der Waals surface area contributed by atoms with E-state index in [2.05, 4.69) is 293 Å². The summed E-state index contributed by atoms with van der Waals surface area (Å²) in [7, 11) is 0. The van der Waals surface area contributed by atoms with E-state index in [0.717, 1.165) is 99.7 Å². The van der Waals surface area contributed by atoms with Crippen molar-refractivity contribution in [2.45, 2.75) is 0 Å². The highest BCUT2D eigenvalue weighted by Gasteiger charge is 2.26. The van der Waals surface area contributed by atoms with Crippen LogP contribution in [0.25, 0.3) is 163 Å². The van der Waals surface area contributed by atoms with Gasteiger partial charge in [0.1, 0.15) is 0 Å². The second-order valence-corrected chi connectivity index (χ2v) is 22.2. The molecular weight excluding hydrogens is 993 g/mol. The molecule has 15 aromatic carbocycles. The fourth-order valence-corrected chi connectivity index (χ4v) is 14.1. The smallest absolute Gasteiger partial charge is 0.0540 e. The number of hydrogen-bond acceptors (Lipinski definition) is 1. The maximum absolute atomic E-state index is 3.91. The summed E-state index contributed by atoms with van der Waals surface area (Å²) in [5.74, 6) is 0. The molecule has 18 rings (SSSR count). The first-order valence-corrected chi connectivity index (χ1v) is 28.3. The van der Waals surface area contributed by atoms with Crippen molar-refractivity contribution in [3.05, 3.63) is 273 Å². The standard InChI is InChI=1S/C78H48N4/c1-4-19-49-46(16-1)40-61-55(49)34-37-73-67(61)43-64-52(25-13-28-70(64)79-73)58-22-7-10-31-76(58)82(77-32-11-8-23-59(77)53-26-14-29-71-65(53)44-68-62-41-47-17-2-5-20-50(47)56(62)35-38-74(68)80-71)78-33-12-9-24-60(78)54-27-15-30-72-66(54)45-69-63-42-48-18-3-6-21-51(48)57(63)36-39-75(69)81-72/h1-45,79-81H. The molecule has 0 amide bonds. The third-order valence-electron chi connectivity index (χ3n) is 17.8. The normalized spacial score (nSPS) is 12.1. The number of nitrogens with one attached hydrogen (secondary N) is 3. The largest absolute Gasteiger partial charge is 0.355 e. The molecule has 0 spiro atoms. The minimum Gasteiger partial charge on any atom is -0.355 e. The van der Waals surface area contributed by atoms with Crippen molar-refractivity contribution in [2.75, 3.05) is 4.90 Å². The molecule has 380 valence electrons. The highest BCUT2D eigenvalue weighted by Crippen LogP contribution is 2.51. The van der Waals surface area contributed by atoms with E-state index in [1.165, 1.54) is 80.8 Å². The van der Waals surface area contributed by atoms with Gasteiger partial charge in [0, 0.05) is 82.1 Å². The number of anilines is 3. The summed E-state index contributed by atoms with van der Waals surface area (Å²) < 4.78 is 0. The highest BCUT2D eigenvalue weighted by atomic mass is 15.1. The van der Waals surface area contributed by atoms with Gasteiger partial charge in [0.15, 0.2) is 0 Å². The van der Waals surface area contributed by atoms with E-state index in [9.17, 15) is 0 Å². The van der Waals surface area contributed by atoms with Gasteiger partial charge in [0.05, 0.1) is 17.1 Å². The molecule has 0 saturated carbocycles. The molecule has 0 atom stereocenters. The molecule has 0 aliphatic carbocycles. The van der Waals surface area contributed by atoms with Crippen molar-refractivity contribution >= 4 is 147 Å². The highest BCUT2D eigenvalue weighted by molar-refractivity contribution is 6.25. The van der Waals surface area contributed by atoms with E-state index >= 15 is 0 Å². The third-order valence-corrected chi connectivity index (χ3v) is 17.8. The number of rotatable bonds is 6. The van der Waals surface area contributed by atoms with Crippen LogP contribution in [0.1, 0.15) is 0 Å². The number of benzene rings is 12. The van der Waals surface area contributed by atoms with Crippen molar-refractivity contribution < 1.29 is 0 Å². The fraction of sp³-hybridized carbons (Fsp3) is 0. The third kappa shape index (κ3) is 6.61. The van der Waals surface area contributed by atoms with E-state index in [0.29, 0.717) is 0 Å². The van der Waals surface area contributed by atoms with Crippen LogP contribution in [-0.4, -0.2) is 15.0 Å². The van der Waals surface area contributed by atoms with Crippen LogP contribution in [0.15, 0.2) is 273 Å². The molecule has 0 saturated heterocycles. The lowest BCUT2D eigenvalue weighted by Crippen LogP contribution is -2.13. The lowest BCUT2D eigenvalue weighted by molar-refractivity contribution is 1.29. The van der Waals surface area contributed by atoms with Crippen LogP contribution in [0.5, 0.6) is 0 Å². The average Bonchev–Trinajstić information content (AvgIpc) is 4.40. The summed E-state index contributed by atoms with van der Waals surface area (Å²) in [6.45, 7) is 0. The van der Waals surface area contributed by atoms with E-state index in [1.807, 2.05) is 0 Å². The first-order chi connectivity index (χ1) is 40.6. The maximum Gasteiger partial charge on any atom is 0.0540 e. The van der Waals surface area contributed by atoms with Crippen molar-refractivity contribution in [3.63, 3.8) is 0 Å². The quantitative estimate of drug-likeness (QED) is 0.143. The summed E-state index contributed by atoms with van der Waals surface area (Å²) in [5, 5.41) is 22.3. The molecule has 0 bridgehead atoms. The van der Waals surface area contributed by atoms with Crippen LogP contribution >= 0.6 is 0 Å². The summed E-state index contributed by atoms with van der Waals surface area (Å²) in [6, 6.07) is 101. The van der Waals surface area contributed by atoms with Crippen molar-refractivity contribution in [1.29, 1.82) is 0 Å². The molecule has 3 heterocycles. The van der Waals surface area contributed by atoms with Gasteiger partial charge in [0.2, 0.25) is 0 Å². The van der Waals surface area contributed by atoms with Gasteiger partial charge >= 0.3 is 0 Å². The number of aromatic nitrogens is 3. The number of pyridine rings is 3. The van der Waals surface area contributed by atoms with Crippen LogP contribution in [0.4, 0.5) is 17.1 Å². The Balaban J connectivity index is 0.906. The van der Waals surface area contributed by atoms with Gasteiger partial charge in [-0.2, -0.15) is 0 Å². The zero-order valence-electron chi connectivity index (χ0n) is 44.4. The van der Waals surface area contributed by atoms with Crippen LogP contribution in [-0.2, 0) is 0 Å². The van der Waals surface area contributed by atoms with Crippen LogP contribution < -0.4 is 4.90 Å². The second kappa shape index (κ2) is 17.3. The zero-order valence-corrected chi connectivity index (χ0v) is 44.4. The van der Waals surface area contributed by atoms with Crippen LogP contribution in [0, 0.1) is 0 Å². The number of para-hydroxylation sites is 3. The fourth-order valence-electron chi connectivity index (χ4n) is 14.1. The number of H-pyrrole nitrogens is 3. The summed E-state index contributed by atoms with van der Waals surface area (Å²) in [6.07, 6.45) is 0. The number of aromatic amines is 3. The lowest BCUT2D eigenvalue weighted by Gasteiger charge is -2.32. The predicted molar refractivity (Wildman–Crippen MR) is 351 cm³/mol. The first-order valence-electron chi connectivity index (χ1n) is 28.3. The Morgan fingerprint density at radius 3 is 0.793 bits per heavy atom. The Morgan fingerprint density at radius 1 is 0.171 bits per heavy atom. The van der Waals surface area contributed by atoms with Gasteiger partial charge in [-0.25, -0.2) is 0 Å². The molecule has 0 radical (unpaired) electrons. The number of hydrogen-bond donors (Lipinski definition) is 3. The van der Waals surface area contributed by atoms with Gasteiger partial charge in [-0.15, -0.1) is 0 Å². The van der Waals surface area contributed by atoms with E-state index < -0.39 is 0 Å². The van der Waals surface area contributed by atoms with E-state index in [1.54, 1.807) is 0 Å².